The molecule has 0 aromatic rings. The van der Waals surface area contributed by atoms with E-state index in [1.165, 1.54) is 0 Å². The van der Waals surface area contributed by atoms with Crippen molar-refractivity contribution in [3.8, 4) is 12.3 Å². The van der Waals surface area contributed by atoms with Crippen LogP contribution < -0.4 is 5.32 Å². The largest absolute Gasteiger partial charge is 0.396 e. The van der Waals surface area contributed by atoms with Gasteiger partial charge in [0, 0.05) is 6.61 Å². The van der Waals surface area contributed by atoms with Crippen molar-refractivity contribution in [1.29, 1.82) is 0 Å². The van der Waals surface area contributed by atoms with Gasteiger partial charge in [-0.05, 0) is 32.2 Å². The molecule has 12 heavy (non-hydrogen) atoms. The first-order chi connectivity index (χ1) is 5.85. The highest BCUT2D eigenvalue weighted by atomic mass is 16.2. The van der Waals surface area contributed by atoms with Crippen molar-refractivity contribution in [3.63, 3.8) is 0 Å². The summed E-state index contributed by atoms with van der Waals surface area (Å²) >= 11 is 0. The molecule has 0 radical (unpaired) electrons. The molecule has 0 amide bonds. The number of aliphatic hydroxyl groups is 1. The van der Waals surface area contributed by atoms with Gasteiger partial charge in [-0.3, -0.25) is 0 Å². The predicted molar refractivity (Wildman–Crippen MR) is 51.9 cm³/mol. The fourth-order valence-corrected chi connectivity index (χ4v) is 1.01. The lowest BCUT2D eigenvalue weighted by Gasteiger charge is -2.09. The number of unbranched alkanes of at least 4 members (excludes halogenated alkanes) is 2. The summed E-state index contributed by atoms with van der Waals surface area (Å²) in [4.78, 5) is 0. The predicted octanol–water partition coefficient (Wildman–Crippen LogP) is 1.15. The zero-order valence-electron chi connectivity index (χ0n) is 7.84. The molecule has 0 aliphatic carbocycles. The van der Waals surface area contributed by atoms with Crippen LogP contribution in [0.3, 0.4) is 0 Å². The molecule has 0 saturated carbocycles. The Kier molecular flexibility index (Phi) is 8.20. The van der Waals surface area contributed by atoms with Crippen LogP contribution in [-0.2, 0) is 0 Å². The Morgan fingerprint density at radius 3 is 2.67 bits per heavy atom. The van der Waals surface area contributed by atoms with Gasteiger partial charge in [-0.25, -0.2) is 0 Å². The molecule has 70 valence electrons. The Morgan fingerprint density at radius 1 is 1.42 bits per heavy atom. The SMILES string of the molecule is C#CC(CC)NCCCCCO. The molecule has 2 heteroatoms. The third-order valence-electron chi connectivity index (χ3n) is 1.84. The molecule has 2 nitrogen and oxygen atoms in total. The summed E-state index contributed by atoms with van der Waals surface area (Å²) < 4.78 is 0. The van der Waals surface area contributed by atoms with Gasteiger partial charge >= 0.3 is 0 Å². The summed E-state index contributed by atoms with van der Waals surface area (Å²) in [6.45, 7) is 3.33. The van der Waals surface area contributed by atoms with Crippen LogP contribution in [-0.4, -0.2) is 24.3 Å². The van der Waals surface area contributed by atoms with Crippen LogP contribution in [0.25, 0.3) is 0 Å². The molecule has 0 saturated heterocycles. The third kappa shape index (κ3) is 6.21. The molecule has 0 spiro atoms. The van der Waals surface area contributed by atoms with E-state index in [4.69, 9.17) is 11.5 Å². The third-order valence-corrected chi connectivity index (χ3v) is 1.84. The second-order valence-corrected chi connectivity index (χ2v) is 2.87. The Morgan fingerprint density at radius 2 is 2.17 bits per heavy atom. The minimum Gasteiger partial charge on any atom is -0.396 e. The fourth-order valence-electron chi connectivity index (χ4n) is 1.01. The lowest BCUT2D eigenvalue weighted by Crippen LogP contribution is -2.27. The summed E-state index contributed by atoms with van der Waals surface area (Å²) in [5.41, 5.74) is 0. The molecule has 0 aliphatic heterocycles. The molecule has 0 heterocycles. The van der Waals surface area contributed by atoms with Crippen LogP contribution in [0.2, 0.25) is 0 Å². The van der Waals surface area contributed by atoms with Crippen LogP contribution >= 0.6 is 0 Å². The Labute approximate surface area is 75.4 Å². The Bertz CT molecular complexity index is 128. The van der Waals surface area contributed by atoms with Crippen molar-refractivity contribution in [2.75, 3.05) is 13.2 Å². The molecule has 1 unspecified atom stereocenters. The van der Waals surface area contributed by atoms with Gasteiger partial charge in [-0.15, -0.1) is 6.42 Å². The Balaban J connectivity index is 3.13. The monoisotopic (exact) mass is 169 g/mol. The molecule has 2 N–H and O–H groups in total. The van der Waals surface area contributed by atoms with Gasteiger partial charge in [-0.2, -0.15) is 0 Å². The van der Waals surface area contributed by atoms with Gasteiger partial charge in [0.25, 0.3) is 0 Å². The average Bonchev–Trinajstić information content (AvgIpc) is 2.11. The van der Waals surface area contributed by atoms with Gasteiger partial charge in [0.1, 0.15) is 0 Å². The number of rotatable bonds is 7. The number of hydrogen-bond donors (Lipinski definition) is 2. The summed E-state index contributed by atoms with van der Waals surface area (Å²) in [7, 11) is 0. The van der Waals surface area contributed by atoms with E-state index in [0.29, 0.717) is 6.61 Å². The molecule has 1 atom stereocenters. The van der Waals surface area contributed by atoms with Crippen molar-refractivity contribution in [2.45, 2.75) is 38.6 Å². The van der Waals surface area contributed by atoms with Crippen LogP contribution in [0.4, 0.5) is 0 Å². The second-order valence-electron chi connectivity index (χ2n) is 2.87. The van der Waals surface area contributed by atoms with E-state index >= 15 is 0 Å². The maximum absolute atomic E-state index is 8.51. The van der Waals surface area contributed by atoms with Gasteiger partial charge in [0.2, 0.25) is 0 Å². The van der Waals surface area contributed by atoms with Crippen LogP contribution in [0.15, 0.2) is 0 Å². The van der Waals surface area contributed by atoms with Crippen LogP contribution in [0.1, 0.15) is 32.6 Å². The van der Waals surface area contributed by atoms with Crippen molar-refractivity contribution in [3.05, 3.63) is 0 Å². The van der Waals surface area contributed by atoms with E-state index < -0.39 is 0 Å². The molecule has 0 aliphatic rings. The molecule has 0 rings (SSSR count). The molecule has 0 aromatic heterocycles. The van der Waals surface area contributed by atoms with Gasteiger partial charge < -0.3 is 10.4 Å². The second kappa shape index (κ2) is 8.58. The normalized spacial score (nSPS) is 12.4. The van der Waals surface area contributed by atoms with Gasteiger partial charge in [-0.1, -0.05) is 12.8 Å². The number of aliphatic hydroxyl groups excluding tert-OH is 1. The average molecular weight is 169 g/mol. The number of hydrogen-bond acceptors (Lipinski definition) is 2. The van der Waals surface area contributed by atoms with E-state index in [1.54, 1.807) is 0 Å². The van der Waals surface area contributed by atoms with E-state index in [1.807, 2.05) is 0 Å². The van der Waals surface area contributed by atoms with Gasteiger partial charge in [0.15, 0.2) is 0 Å². The Hall–Kier alpha value is -0.520. The number of terminal acetylenes is 1. The molecule has 0 fully saturated rings. The first-order valence-corrected chi connectivity index (χ1v) is 4.65. The topological polar surface area (TPSA) is 32.3 Å². The van der Waals surface area contributed by atoms with Crippen molar-refractivity contribution >= 4 is 0 Å². The maximum atomic E-state index is 8.51. The minimum atomic E-state index is 0.221. The molecular formula is C10H19NO. The first kappa shape index (κ1) is 11.5. The van der Waals surface area contributed by atoms with Crippen LogP contribution in [0.5, 0.6) is 0 Å². The smallest absolute Gasteiger partial charge is 0.0684 e. The van der Waals surface area contributed by atoms with Crippen molar-refractivity contribution in [2.24, 2.45) is 0 Å². The summed E-state index contributed by atoms with van der Waals surface area (Å²) in [6.07, 6.45) is 9.32. The minimum absolute atomic E-state index is 0.221. The highest BCUT2D eigenvalue weighted by Crippen LogP contribution is 1.94. The summed E-state index contributed by atoms with van der Waals surface area (Å²) in [6, 6.07) is 0.221. The maximum Gasteiger partial charge on any atom is 0.0684 e. The summed E-state index contributed by atoms with van der Waals surface area (Å²) in [5.74, 6) is 2.68. The lowest BCUT2D eigenvalue weighted by molar-refractivity contribution is 0.282. The quantitative estimate of drug-likeness (QED) is 0.442. The highest BCUT2D eigenvalue weighted by molar-refractivity contribution is 4.97. The lowest BCUT2D eigenvalue weighted by atomic mass is 10.2. The fraction of sp³-hybridized carbons (Fsp3) is 0.800. The zero-order valence-corrected chi connectivity index (χ0v) is 7.84. The molecular weight excluding hydrogens is 150 g/mol. The highest BCUT2D eigenvalue weighted by Gasteiger charge is 1.98. The molecule has 0 bridgehead atoms. The number of nitrogens with one attached hydrogen (secondary N) is 1. The van der Waals surface area contributed by atoms with Crippen molar-refractivity contribution in [1.82, 2.24) is 5.32 Å². The first-order valence-electron chi connectivity index (χ1n) is 4.65. The standard InChI is InChI=1S/C10H19NO/c1-3-10(4-2)11-8-6-5-7-9-12/h1,10-12H,4-9H2,2H3. The molecule has 0 aromatic carbocycles. The van der Waals surface area contributed by atoms with E-state index in [2.05, 4.69) is 18.2 Å². The van der Waals surface area contributed by atoms with E-state index in [0.717, 1.165) is 32.2 Å². The van der Waals surface area contributed by atoms with E-state index in [9.17, 15) is 0 Å². The summed E-state index contributed by atoms with van der Waals surface area (Å²) in [5, 5.41) is 11.8. The van der Waals surface area contributed by atoms with E-state index in [-0.39, 0.29) is 6.04 Å². The van der Waals surface area contributed by atoms with Gasteiger partial charge in [0.05, 0.1) is 6.04 Å². The zero-order chi connectivity index (χ0) is 9.23. The van der Waals surface area contributed by atoms with Crippen LogP contribution in [0, 0.1) is 12.3 Å². The van der Waals surface area contributed by atoms with Crippen molar-refractivity contribution < 1.29 is 5.11 Å².